The predicted octanol–water partition coefficient (Wildman–Crippen LogP) is 2.42. The summed E-state index contributed by atoms with van der Waals surface area (Å²) in [5, 5.41) is 3.86. The molecule has 22 heavy (non-hydrogen) atoms. The van der Waals surface area contributed by atoms with Crippen LogP contribution < -0.4 is 0 Å². The van der Waals surface area contributed by atoms with E-state index in [0.717, 1.165) is 18.4 Å². The van der Waals surface area contributed by atoms with Gasteiger partial charge in [0, 0.05) is 18.4 Å². The van der Waals surface area contributed by atoms with E-state index in [9.17, 15) is 9.59 Å². The van der Waals surface area contributed by atoms with Gasteiger partial charge in [0.05, 0.1) is 31.3 Å². The summed E-state index contributed by atoms with van der Waals surface area (Å²) in [5.41, 5.74) is 1.83. The number of ether oxygens (including phenoxy) is 2. The van der Waals surface area contributed by atoms with Gasteiger partial charge in [0.15, 0.2) is 0 Å². The zero-order chi connectivity index (χ0) is 15.7. The Morgan fingerprint density at radius 2 is 1.73 bits per heavy atom. The van der Waals surface area contributed by atoms with Crippen molar-refractivity contribution in [2.75, 3.05) is 14.2 Å². The Balaban J connectivity index is 2.07. The number of carbonyl (C=O) groups is 2. The second kappa shape index (κ2) is 5.96. The van der Waals surface area contributed by atoms with E-state index in [0.29, 0.717) is 17.2 Å². The van der Waals surface area contributed by atoms with Crippen LogP contribution >= 0.6 is 11.3 Å². The van der Waals surface area contributed by atoms with E-state index in [-0.39, 0.29) is 0 Å². The summed E-state index contributed by atoms with van der Waals surface area (Å²) in [5.74, 6) is -1.28. The lowest BCUT2D eigenvalue weighted by molar-refractivity contribution is -0.137. The standard InChI is InChI=1S/C16H17NO4S/c1-20-15(18)12-7-17(11-3-4-11)8-13(16(19)21-2)14(12)10-5-6-22-9-10/h5-9,11,14H,3-4H2,1-2H3. The molecule has 6 heteroatoms. The first kappa shape index (κ1) is 14.8. The average molecular weight is 319 g/mol. The number of thiophene rings is 1. The minimum Gasteiger partial charge on any atom is -0.466 e. The minimum atomic E-state index is -0.443. The monoisotopic (exact) mass is 319 g/mol. The van der Waals surface area contributed by atoms with Crippen molar-refractivity contribution in [3.8, 4) is 0 Å². The summed E-state index contributed by atoms with van der Waals surface area (Å²) in [6, 6.07) is 2.26. The maximum atomic E-state index is 12.2. The lowest BCUT2D eigenvalue weighted by atomic mass is 9.84. The highest BCUT2D eigenvalue weighted by atomic mass is 32.1. The molecule has 5 nitrogen and oxygen atoms in total. The minimum absolute atomic E-state index is 0.350. The highest BCUT2D eigenvalue weighted by Gasteiger charge is 2.38. The molecule has 2 aliphatic rings. The average Bonchev–Trinajstić information content (AvgIpc) is 3.27. The van der Waals surface area contributed by atoms with E-state index in [1.165, 1.54) is 25.6 Å². The van der Waals surface area contributed by atoms with E-state index in [1.807, 2.05) is 21.7 Å². The smallest absolute Gasteiger partial charge is 0.336 e. The number of methoxy groups -OCH3 is 2. The molecule has 1 aliphatic heterocycles. The summed E-state index contributed by atoms with van der Waals surface area (Å²) in [6.45, 7) is 0. The fourth-order valence-corrected chi connectivity index (χ4v) is 3.32. The lowest BCUT2D eigenvalue weighted by Gasteiger charge is -2.29. The second-order valence-electron chi connectivity index (χ2n) is 5.32. The Labute approximate surface area is 132 Å². The Bertz CT molecular complexity index is 609. The normalized spacial score (nSPS) is 18.5. The van der Waals surface area contributed by atoms with Gasteiger partial charge in [-0.2, -0.15) is 11.3 Å². The number of esters is 2. The molecule has 0 radical (unpaired) electrons. The van der Waals surface area contributed by atoms with E-state index < -0.39 is 17.9 Å². The van der Waals surface area contributed by atoms with Gasteiger partial charge in [-0.1, -0.05) is 0 Å². The van der Waals surface area contributed by atoms with Gasteiger partial charge in [0.25, 0.3) is 0 Å². The van der Waals surface area contributed by atoms with Gasteiger partial charge in [0.1, 0.15) is 0 Å². The Morgan fingerprint density at radius 1 is 1.14 bits per heavy atom. The van der Waals surface area contributed by atoms with Gasteiger partial charge in [-0.3, -0.25) is 0 Å². The van der Waals surface area contributed by atoms with Crippen LogP contribution in [0.2, 0.25) is 0 Å². The molecule has 2 heterocycles. The van der Waals surface area contributed by atoms with Crippen LogP contribution in [0.15, 0.2) is 40.4 Å². The zero-order valence-electron chi connectivity index (χ0n) is 12.4. The van der Waals surface area contributed by atoms with Crippen LogP contribution in [0.4, 0.5) is 0 Å². The van der Waals surface area contributed by atoms with Crippen LogP contribution in [0.5, 0.6) is 0 Å². The van der Waals surface area contributed by atoms with Crippen molar-refractivity contribution >= 4 is 23.3 Å². The third-order valence-electron chi connectivity index (χ3n) is 3.89. The molecule has 0 atom stereocenters. The molecule has 1 aliphatic carbocycles. The van der Waals surface area contributed by atoms with Gasteiger partial charge < -0.3 is 14.4 Å². The first-order chi connectivity index (χ1) is 10.7. The largest absolute Gasteiger partial charge is 0.466 e. The molecule has 116 valence electrons. The van der Waals surface area contributed by atoms with Crippen LogP contribution in [0.1, 0.15) is 24.3 Å². The third kappa shape index (κ3) is 2.66. The molecule has 3 rings (SSSR count). The predicted molar refractivity (Wildman–Crippen MR) is 82.1 cm³/mol. The number of nitrogens with zero attached hydrogens (tertiary/aromatic N) is 1. The molecule has 1 fully saturated rings. The Morgan fingerprint density at radius 3 is 2.14 bits per heavy atom. The van der Waals surface area contributed by atoms with Crippen molar-refractivity contribution in [3.63, 3.8) is 0 Å². The first-order valence-corrected chi connectivity index (χ1v) is 7.99. The third-order valence-corrected chi connectivity index (χ3v) is 4.59. The molecule has 0 bridgehead atoms. The van der Waals surface area contributed by atoms with Crippen LogP contribution in [0, 0.1) is 0 Å². The molecule has 0 aromatic carbocycles. The van der Waals surface area contributed by atoms with Gasteiger partial charge in [-0.05, 0) is 35.2 Å². The number of hydrogen-bond donors (Lipinski definition) is 0. The van der Waals surface area contributed by atoms with Crippen LogP contribution in [-0.2, 0) is 19.1 Å². The van der Waals surface area contributed by atoms with Gasteiger partial charge in [-0.25, -0.2) is 9.59 Å². The van der Waals surface area contributed by atoms with Crippen molar-refractivity contribution < 1.29 is 19.1 Å². The molecule has 0 N–H and O–H groups in total. The second-order valence-corrected chi connectivity index (χ2v) is 6.10. The summed E-state index contributed by atoms with van der Waals surface area (Å²) in [7, 11) is 2.71. The van der Waals surface area contributed by atoms with Crippen molar-refractivity contribution in [1.82, 2.24) is 4.90 Å². The molecular weight excluding hydrogens is 302 g/mol. The van der Waals surface area contributed by atoms with Crippen molar-refractivity contribution in [2.45, 2.75) is 24.8 Å². The molecule has 1 aromatic heterocycles. The summed E-state index contributed by atoms with van der Waals surface area (Å²) >= 11 is 1.52. The molecule has 1 aromatic rings. The molecule has 0 saturated heterocycles. The van der Waals surface area contributed by atoms with Crippen molar-refractivity contribution in [2.24, 2.45) is 0 Å². The zero-order valence-corrected chi connectivity index (χ0v) is 13.3. The Hall–Kier alpha value is -2.08. The lowest BCUT2D eigenvalue weighted by Crippen LogP contribution is -2.29. The Kier molecular flexibility index (Phi) is 4.02. The number of carbonyl (C=O) groups excluding carboxylic acids is 2. The molecule has 0 unspecified atom stereocenters. The SMILES string of the molecule is COC(=O)C1=CN(C2CC2)C=C(C(=O)OC)C1c1ccsc1. The van der Waals surface area contributed by atoms with Crippen molar-refractivity contribution in [3.05, 3.63) is 45.9 Å². The molecule has 1 saturated carbocycles. The van der Waals surface area contributed by atoms with Gasteiger partial charge in [-0.15, -0.1) is 0 Å². The first-order valence-electron chi connectivity index (χ1n) is 7.05. The molecule has 0 spiro atoms. The van der Waals surface area contributed by atoms with E-state index in [2.05, 4.69) is 0 Å². The van der Waals surface area contributed by atoms with Crippen LogP contribution in [0.3, 0.4) is 0 Å². The van der Waals surface area contributed by atoms with E-state index >= 15 is 0 Å². The van der Waals surface area contributed by atoms with Crippen LogP contribution in [-0.4, -0.2) is 37.1 Å². The fraction of sp³-hybridized carbons (Fsp3) is 0.375. The van der Waals surface area contributed by atoms with Crippen molar-refractivity contribution in [1.29, 1.82) is 0 Å². The maximum absolute atomic E-state index is 12.2. The van der Waals surface area contributed by atoms with E-state index in [4.69, 9.17) is 9.47 Å². The summed E-state index contributed by atoms with van der Waals surface area (Å²) < 4.78 is 9.84. The van der Waals surface area contributed by atoms with Gasteiger partial charge in [0.2, 0.25) is 0 Å². The fourth-order valence-electron chi connectivity index (χ4n) is 2.63. The van der Waals surface area contributed by atoms with Crippen LogP contribution in [0.25, 0.3) is 0 Å². The highest BCUT2D eigenvalue weighted by molar-refractivity contribution is 7.08. The molecule has 0 amide bonds. The molecular formula is C16H17NO4S. The summed E-state index contributed by atoms with van der Waals surface area (Å²) in [4.78, 5) is 26.4. The maximum Gasteiger partial charge on any atom is 0.336 e. The highest BCUT2D eigenvalue weighted by Crippen LogP contribution is 2.40. The number of rotatable bonds is 4. The topological polar surface area (TPSA) is 55.8 Å². The van der Waals surface area contributed by atoms with E-state index in [1.54, 1.807) is 12.4 Å². The quantitative estimate of drug-likeness (QED) is 0.798. The van der Waals surface area contributed by atoms with Gasteiger partial charge >= 0.3 is 11.9 Å². The number of hydrogen-bond acceptors (Lipinski definition) is 6. The summed E-state index contributed by atoms with van der Waals surface area (Å²) in [6.07, 6.45) is 5.72.